The van der Waals surface area contributed by atoms with Crippen molar-refractivity contribution in [2.24, 2.45) is 5.92 Å². The first-order chi connectivity index (χ1) is 11.0. The minimum atomic E-state index is -1.12. The molecule has 0 aromatic heterocycles. The van der Waals surface area contributed by atoms with Crippen molar-refractivity contribution in [2.45, 2.75) is 18.9 Å². The summed E-state index contributed by atoms with van der Waals surface area (Å²) in [5.74, 6) is -0.339. The van der Waals surface area contributed by atoms with Crippen molar-refractivity contribution in [3.63, 3.8) is 0 Å². The van der Waals surface area contributed by atoms with Crippen molar-refractivity contribution in [3.8, 4) is 5.75 Å². The smallest absolute Gasteiger partial charge is 0.334 e. The fourth-order valence-electron chi connectivity index (χ4n) is 2.54. The molecule has 1 amide bonds. The van der Waals surface area contributed by atoms with Crippen LogP contribution in [0.3, 0.4) is 0 Å². The van der Waals surface area contributed by atoms with Gasteiger partial charge in [-0.05, 0) is 43.0 Å². The number of nitrogens with zero attached hydrogens (tertiary/aromatic N) is 1. The monoisotopic (exact) mass is 341 g/mol. The summed E-state index contributed by atoms with van der Waals surface area (Å²) < 4.78 is 9.97. The number of aliphatic hydroxyl groups is 1. The topological polar surface area (TPSA) is 76.1 Å². The van der Waals surface area contributed by atoms with Gasteiger partial charge in [0.15, 0.2) is 12.7 Å². The summed E-state index contributed by atoms with van der Waals surface area (Å²) in [4.78, 5) is 25.1. The van der Waals surface area contributed by atoms with Gasteiger partial charge in [0.2, 0.25) is 0 Å². The fourth-order valence-corrected chi connectivity index (χ4v) is 2.67. The minimum Gasteiger partial charge on any atom is -0.484 e. The van der Waals surface area contributed by atoms with E-state index in [1.807, 2.05) is 0 Å². The number of likely N-dealkylation sites (tertiary alicyclic amines) is 1. The van der Waals surface area contributed by atoms with Crippen molar-refractivity contribution in [1.82, 2.24) is 4.90 Å². The average Bonchev–Trinajstić information content (AvgIpc) is 2.59. The molecule has 1 fully saturated rings. The van der Waals surface area contributed by atoms with Crippen molar-refractivity contribution < 1.29 is 24.2 Å². The molecule has 1 atom stereocenters. The molecule has 0 aliphatic carbocycles. The number of halogens is 1. The van der Waals surface area contributed by atoms with Gasteiger partial charge in [-0.2, -0.15) is 0 Å². The summed E-state index contributed by atoms with van der Waals surface area (Å²) in [5.41, 5.74) is 0. The molecule has 126 valence electrons. The normalized spacial score (nSPS) is 16.7. The highest BCUT2D eigenvalue weighted by Gasteiger charge is 2.31. The first-order valence-electron chi connectivity index (χ1n) is 7.43. The summed E-state index contributed by atoms with van der Waals surface area (Å²) in [6.45, 7) is 0.926. The Balaban J connectivity index is 1.77. The van der Waals surface area contributed by atoms with Crippen LogP contribution in [0.1, 0.15) is 12.8 Å². The number of ether oxygens (including phenoxy) is 2. The molecule has 6 nitrogen and oxygen atoms in total. The highest BCUT2D eigenvalue weighted by Crippen LogP contribution is 2.22. The van der Waals surface area contributed by atoms with E-state index in [1.165, 1.54) is 7.11 Å². The van der Waals surface area contributed by atoms with Gasteiger partial charge in [0.05, 0.1) is 7.11 Å². The maximum atomic E-state index is 12.1. The maximum Gasteiger partial charge on any atom is 0.334 e. The van der Waals surface area contributed by atoms with Gasteiger partial charge in [-0.3, -0.25) is 4.79 Å². The van der Waals surface area contributed by atoms with Crippen molar-refractivity contribution in [1.29, 1.82) is 0 Å². The largest absolute Gasteiger partial charge is 0.484 e. The van der Waals surface area contributed by atoms with Gasteiger partial charge in [0.25, 0.3) is 5.91 Å². The van der Waals surface area contributed by atoms with Crippen LogP contribution in [0.5, 0.6) is 5.75 Å². The van der Waals surface area contributed by atoms with Crippen LogP contribution in [0.4, 0.5) is 0 Å². The lowest BCUT2D eigenvalue weighted by Crippen LogP contribution is -2.44. The van der Waals surface area contributed by atoms with Gasteiger partial charge in [-0.1, -0.05) is 11.6 Å². The number of piperidine rings is 1. The van der Waals surface area contributed by atoms with Gasteiger partial charge < -0.3 is 19.5 Å². The highest BCUT2D eigenvalue weighted by molar-refractivity contribution is 6.30. The van der Waals surface area contributed by atoms with E-state index in [-0.39, 0.29) is 18.4 Å². The maximum absolute atomic E-state index is 12.1. The van der Waals surface area contributed by atoms with E-state index in [1.54, 1.807) is 29.2 Å². The Bertz CT molecular complexity index is 540. The van der Waals surface area contributed by atoms with Gasteiger partial charge in [-0.15, -0.1) is 0 Å². The van der Waals surface area contributed by atoms with Crippen LogP contribution in [0, 0.1) is 5.92 Å². The molecule has 1 aliphatic rings. The molecule has 1 aromatic carbocycles. The van der Waals surface area contributed by atoms with E-state index < -0.39 is 12.1 Å². The fraction of sp³-hybridized carbons (Fsp3) is 0.500. The summed E-state index contributed by atoms with van der Waals surface area (Å²) in [7, 11) is 1.25. The van der Waals surface area contributed by atoms with Crippen LogP contribution < -0.4 is 4.74 Å². The number of hydrogen-bond donors (Lipinski definition) is 1. The number of carbonyl (C=O) groups is 2. The second-order valence-corrected chi connectivity index (χ2v) is 5.87. The lowest BCUT2D eigenvalue weighted by Gasteiger charge is -2.33. The van der Waals surface area contributed by atoms with Gasteiger partial charge in [0.1, 0.15) is 5.75 Å². The zero-order valence-electron chi connectivity index (χ0n) is 12.9. The Morgan fingerprint density at radius 1 is 1.30 bits per heavy atom. The van der Waals surface area contributed by atoms with E-state index in [0.717, 1.165) is 0 Å². The second kappa shape index (κ2) is 8.17. The molecule has 1 saturated heterocycles. The van der Waals surface area contributed by atoms with E-state index in [0.29, 0.717) is 36.7 Å². The van der Waals surface area contributed by atoms with Crippen LogP contribution in [-0.4, -0.2) is 54.8 Å². The quantitative estimate of drug-likeness (QED) is 0.821. The molecule has 1 heterocycles. The molecule has 1 N–H and O–H groups in total. The lowest BCUT2D eigenvalue weighted by atomic mass is 9.91. The number of aliphatic hydroxyl groups excluding tert-OH is 1. The lowest BCUT2D eigenvalue weighted by molar-refractivity contribution is -0.154. The zero-order chi connectivity index (χ0) is 16.8. The number of carbonyl (C=O) groups excluding carboxylic acids is 2. The van der Waals surface area contributed by atoms with Gasteiger partial charge >= 0.3 is 5.97 Å². The van der Waals surface area contributed by atoms with E-state index in [4.69, 9.17) is 16.3 Å². The molecular formula is C16H20ClNO5. The molecule has 2 rings (SSSR count). The summed E-state index contributed by atoms with van der Waals surface area (Å²) in [6.07, 6.45) is -0.00565. The van der Waals surface area contributed by atoms with Crippen LogP contribution in [0.2, 0.25) is 5.02 Å². The van der Waals surface area contributed by atoms with E-state index in [9.17, 15) is 14.7 Å². The Hall–Kier alpha value is -1.79. The molecule has 7 heteroatoms. The number of benzene rings is 1. The third-order valence-electron chi connectivity index (χ3n) is 3.96. The van der Waals surface area contributed by atoms with Crippen LogP contribution >= 0.6 is 11.6 Å². The Kier molecular flexibility index (Phi) is 6.24. The third-order valence-corrected chi connectivity index (χ3v) is 4.21. The predicted molar refractivity (Wildman–Crippen MR) is 84.3 cm³/mol. The van der Waals surface area contributed by atoms with Crippen molar-refractivity contribution >= 4 is 23.5 Å². The predicted octanol–water partition coefficient (Wildman–Crippen LogP) is 1.49. The van der Waals surface area contributed by atoms with Crippen molar-refractivity contribution in [2.75, 3.05) is 26.8 Å². The van der Waals surface area contributed by atoms with Crippen LogP contribution in [-0.2, 0) is 14.3 Å². The average molecular weight is 342 g/mol. The third kappa shape index (κ3) is 4.84. The van der Waals surface area contributed by atoms with E-state index in [2.05, 4.69) is 4.74 Å². The summed E-state index contributed by atoms with van der Waals surface area (Å²) in [5, 5.41) is 10.4. The molecule has 23 heavy (non-hydrogen) atoms. The molecular weight excluding hydrogens is 322 g/mol. The number of methoxy groups -OCH3 is 1. The first kappa shape index (κ1) is 17.6. The summed E-state index contributed by atoms with van der Waals surface area (Å²) >= 11 is 5.78. The number of hydrogen-bond acceptors (Lipinski definition) is 5. The van der Waals surface area contributed by atoms with E-state index >= 15 is 0 Å². The number of esters is 1. The SMILES string of the molecule is COC(=O)[C@H](O)C1CCN(C(=O)COc2ccc(Cl)cc2)CC1. The number of amides is 1. The van der Waals surface area contributed by atoms with Gasteiger partial charge in [-0.25, -0.2) is 4.79 Å². The Morgan fingerprint density at radius 2 is 1.91 bits per heavy atom. The molecule has 0 unspecified atom stereocenters. The Labute approximate surface area is 139 Å². The molecule has 0 radical (unpaired) electrons. The molecule has 0 saturated carbocycles. The summed E-state index contributed by atoms with van der Waals surface area (Å²) in [6, 6.07) is 6.80. The van der Waals surface area contributed by atoms with Gasteiger partial charge in [0, 0.05) is 18.1 Å². The molecule has 0 bridgehead atoms. The van der Waals surface area contributed by atoms with Crippen molar-refractivity contribution in [3.05, 3.63) is 29.3 Å². The molecule has 1 aliphatic heterocycles. The number of rotatable bonds is 5. The van der Waals surface area contributed by atoms with Crippen LogP contribution in [0.15, 0.2) is 24.3 Å². The molecule has 1 aromatic rings. The standard InChI is InChI=1S/C16H20ClNO5/c1-22-16(21)15(20)11-6-8-18(9-7-11)14(19)10-23-13-4-2-12(17)3-5-13/h2-5,11,15,20H,6-10H2,1H3/t15-/m1/s1. The second-order valence-electron chi connectivity index (χ2n) is 5.43. The van der Waals surface area contributed by atoms with Crippen LogP contribution in [0.25, 0.3) is 0 Å². The highest BCUT2D eigenvalue weighted by atomic mass is 35.5. The first-order valence-corrected chi connectivity index (χ1v) is 7.81. The molecule has 0 spiro atoms. The zero-order valence-corrected chi connectivity index (χ0v) is 13.7. The minimum absolute atomic E-state index is 0.0497. The Morgan fingerprint density at radius 3 is 2.48 bits per heavy atom.